The largest absolute Gasteiger partial charge is 0.493 e. The number of rotatable bonds is 15. The summed E-state index contributed by atoms with van der Waals surface area (Å²) in [4.78, 5) is 20.7. The van der Waals surface area contributed by atoms with Crippen LogP contribution in [0.15, 0.2) is 67.0 Å². The van der Waals surface area contributed by atoms with Crippen molar-refractivity contribution in [3.63, 3.8) is 0 Å². The first-order chi connectivity index (χ1) is 27.3. The fraction of sp³-hybridized carbons (Fsp3) is 0.432. The van der Waals surface area contributed by atoms with Crippen LogP contribution in [0.3, 0.4) is 0 Å². The predicted octanol–water partition coefficient (Wildman–Crippen LogP) is 6.93. The van der Waals surface area contributed by atoms with Crippen LogP contribution in [-0.4, -0.2) is 90.0 Å². The van der Waals surface area contributed by atoms with E-state index in [1.165, 1.54) is 6.20 Å². The zero-order valence-electron chi connectivity index (χ0n) is 32.1. The summed E-state index contributed by atoms with van der Waals surface area (Å²) >= 11 is 6.88. The van der Waals surface area contributed by atoms with Gasteiger partial charge in [0.1, 0.15) is 42.6 Å². The minimum atomic E-state index is -0.830. The molecule has 1 aromatic heterocycles. The van der Waals surface area contributed by atoms with Crippen molar-refractivity contribution in [2.24, 2.45) is 0 Å². The predicted molar refractivity (Wildman–Crippen MR) is 214 cm³/mol. The fourth-order valence-corrected chi connectivity index (χ4v) is 8.33. The molecule has 0 aliphatic carbocycles. The average molecular weight is 780 g/mol. The molecular weight excluding hydrogens is 730 g/mol. The Labute approximate surface area is 334 Å². The molecule has 11 nitrogen and oxygen atoms in total. The van der Waals surface area contributed by atoms with Gasteiger partial charge in [0, 0.05) is 68.4 Å². The van der Waals surface area contributed by atoms with E-state index in [0.29, 0.717) is 60.3 Å². The lowest BCUT2D eigenvalue weighted by Crippen LogP contribution is -2.47. The summed E-state index contributed by atoms with van der Waals surface area (Å²) in [7, 11) is 0. The van der Waals surface area contributed by atoms with E-state index in [0.717, 1.165) is 96.7 Å². The SMILES string of the molecule is Cc1c(COc2cc(OCc3cncc(C#N)c3)c(CN3CCCC[C@H]3C(=O)O)cc2Cl)cccc1-c1cccc(OCCCN2CC3NCCOC3C2)c1C. The highest BCUT2D eigenvalue weighted by Crippen LogP contribution is 2.37. The minimum Gasteiger partial charge on any atom is -0.493 e. The number of piperidine rings is 1. The van der Waals surface area contributed by atoms with Crippen molar-refractivity contribution < 1.29 is 28.8 Å². The summed E-state index contributed by atoms with van der Waals surface area (Å²) in [5.74, 6) is 1.04. The van der Waals surface area contributed by atoms with E-state index in [2.05, 4.69) is 53.3 Å². The number of aliphatic carboxylic acids is 1. The quantitative estimate of drug-likeness (QED) is 0.122. The van der Waals surface area contributed by atoms with Crippen LogP contribution in [-0.2, 0) is 29.3 Å². The van der Waals surface area contributed by atoms with E-state index < -0.39 is 12.0 Å². The molecule has 2 unspecified atom stereocenters. The molecule has 12 heteroatoms. The lowest BCUT2D eigenvalue weighted by molar-refractivity contribution is -0.144. The van der Waals surface area contributed by atoms with Crippen molar-refractivity contribution in [3.05, 3.63) is 105 Å². The van der Waals surface area contributed by atoms with E-state index in [1.807, 2.05) is 29.2 Å². The van der Waals surface area contributed by atoms with Gasteiger partial charge in [0.15, 0.2) is 0 Å². The Morgan fingerprint density at radius 1 is 0.982 bits per heavy atom. The average Bonchev–Trinajstić information content (AvgIpc) is 3.63. The number of nitrogens with one attached hydrogen (secondary N) is 1. The summed E-state index contributed by atoms with van der Waals surface area (Å²) < 4.78 is 25.0. The third-order valence-corrected chi connectivity index (χ3v) is 11.5. The molecule has 2 N–H and O–H groups in total. The highest BCUT2D eigenvalue weighted by Gasteiger charge is 2.35. The van der Waals surface area contributed by atoms with E-state index >= 15 is 0 Å². The maximum absolute atomic E-state index is 12.1. The number of fused-ring (bicyclic) bond motifs is 1. The molecule has 0 radical (unpaired) electrons. The van der Waals surface area contributed by atoms with Crippen molar-refractivity contribution in [1.82, 2.24) is 20.1 Å². The second kappa shape index (κ2) is 18.5. The highest BCUT2D eigenvalue weighted by molar-refractivity contribution is 6.32. The van der Waals surface area contributed by atoms with Gasteiger partial charge >= 0.3 is 5.97 Å². The van der Waals surface area contributed by atoms with Crippen LogP contribution in [0, 0.1) is 25.2 Å². The van der Waals surface area contributed by atoms with E-state index in [-0.39, 0.29) is 13.2 Å². The molecule has 3 atom stereocenters. The Kier molecular flexibility index (Phi) is 13.1. The van der Waals surface area contributed by atoms with Gasteiger partial charge in [-0.3, -0.25) is 19.6 Å². The third kappa shape index (κ3) is 9.45. The fourth-order valence-electron chi connectivity index (χ4n) is 8.09. The van der Waals surface area contributed by atoms with Crippen molar-refractivity contribution in [1.29, 1.82) is 5.26 Å². The first kappa shape index (κ1) is 39.5. The number of aromatic nitrogens is 1. The number of carboxylic acid groups (broad SMARTS) is 1. The number of carbonyl (C=O) groups is 1. The number of hydrogen-bond acceptors (Lipinski definition) is 10. The molecule has 0 spiro atoms. The molecule has 0 saturated carbocycles. The van der Waals surface area contributed by atoms with Gasteiger partial charge in [-0.05, 0) is 85.7 Å². The number of hydrogen-bond donors (Lipinski definition) is 2. The maximum atomic E-state index is 12.1. The Morgan fingerprint density at radius 3 is 2.62 bits per heavy atom. The van der Waals surface area contributed by atoms with Gasteiger partial charge in [0.25, 0.3) is 0 Å². The van der Waals surface area contributed by atoms with Gasteiger partial charge in [0.05, 0.1) is 29.9 Å². The molecule has 3 aliphatic heterocycles. The minimum absolute atomic E-state index is 0.161. The maximum Gasteiger partial charge on any atom is 0.320 e. The summed E-state index contributed by atoms with van der Waals surface area (Å²) in [5, 5.41) is 23.3. The van der Waals surface area contributed by atoms with Crippen LogP contribution < -0.4 is 19.5 Å². The third-order valence-electron chi connectivity index (χ3n) is 11.2. The van der Waals surface area contributed by atoms with Gasteiger partial charge in [0.2, 0.25) is 0 Å². The molecular formula is C44H50ClN5O6. The topological polar surface area (TPSA) is 129 Å². The highest BCUT2D eigenvalue weighted by atomic mass is 35.5. The van der Waals surface area contributed by atoms with Crippen LogP contribution in [0.25, 0.3) is 11.1 Å². The number of likely N-dealkylation sites (tertiary alicyclic amines) is 2. The van der Waals surface area contributed by atoms with Crippen molar-refractivity contribution >= 4 is 17.6 Å². The van der Waals surface area contributed by atoms with Crippen molar-refractivity contribution in [3.8, 4) is 34.4 Å². The molecule has 4 aromatic rings. The van der Waals surface area contributed by atoms with Crippen LogP contribution in [0.1, 0.15) is 59.1 Å². The van der Waals surface area contributed by atoms with Gasteiger partial charge in [-0.15, -0.1) is 0 Å². The van der Waals surface area contributed by atoms with Gasteiger partial charge in [-0.1, -0.05) is 48.4 Å². The van der Waals surface area contributed by atoms with Crippen molar-refractivity contribution in [2.45, 2.75) is 77.5 Å². The number of halogens is 1. The summed E-state index contributed by atoms with van der Waals surface area (Å²) in [6.45, 7) is 11.0. The number of pyridine rings is 1. The molecule has 56 heavy (non-hydrogen) atoms. The van der Waals surface area contributed by atoms with E-state index in [1.54, 1.807) is 18.3 Å². The second-order valence-corrected chi connectivity index (χ2v) is 15.3. The molecule has 3 aromatic carbocycles. The number of benzene rings is 3. The van der Waals surface area contributed by atoms with E-state index in [9.17, 15) is 15.2 Å². The molecule has 7 rings (SSSR count). The van der Waals surface area contributed by atoms with Crippen LogP contribution in [0.2, 0.25) is 5.02 Å². The lowest BCUT2D eigenvalue weighted by Gasteiger charge is -2.33. The monoisotopic (exact) mass is 779 g/mol. The normalized spacial score (nSPS) is 19.9. The van der Waals surface area contributed by atoms with Crippen LogP contribution in [0.5, 0.6) is 17.2 Å². The molecule has 3 fully saturated rings. The van der Waals surface area contributed by atoms with Crippen molar-refractivity contribution in [2.75, 3.05) is 45.9 Å². The number of carboxylic acids is 1. The molecule has 0 bridgehead atoms. The molecule has 3 saturated heterocycles. The number of ether oxygens (including phenoxy) is 4. The Bertz CT molecular complexity index is 2040. The van der Waals surface area contributed by atoms with E-state index in [4.69, 9.17) is 30.5 Å². The van der Waals surface area contributed by atoms with Gasteiger partial charge in [-0.2, -0.15) is 5.26 Å². The van der Waals surface area contributed by atoms with Gasteiger partial charge in [-0.25, -0.2) is 0 Å². The Balaban J connectivity index is 1.04. The first-order valence-electron chi connectivity index (χ1n) is 19.5. The van der Waals surface area contributed by atoms with Crippen LogP contribution in [0.4, 0.5) is 0 Å². The zero-order valence-corrected chi connectivity index (χ0v) is 32.9. The standard InChI is InChI=1S/C44H50ClN5O6/c1-29-33(8-5-9-35(29)36-10-6-12-40(30(36)2)53-16-7-14-49-25-38-43(26-49)54-17-13-48-38)28-56-42-20-41(55-27-32-18-31(21-46)22-47-23-32)34(19-37(42)45)24-50-15-4-3-11-39(50)44(51)52/h5-6,8-10,12,18-20,22-23,38-39,43,48H,3-4,7,11,13-17,24-28H2,1-2H3,(H,51,52)/t38?,39-,43?/m0/s1. The number of nitrogens with zero attached hydrogens (tertiary/aromatic N) is 4. The number of nitriles is 1. The molecule has 0 amide bonds. The number of morpholine rings is 1. The second-order valence-electron chi connectivity index (χ2n) is 14.9. The summed E-state index contributed by atoms with van der Waals surface area (Å²) in [6.07, 6.45) is 6.79. The Morgan fingerprint density at radius 2 is 1.80 bits per heavy atom. The van der Waals surface area contributed by atoms with Crippen LogP contribution >= 0.6 is 11.6 Å². The summed E-state index contributed by atoms with van der Waals surface area (Å²) in [5.41, 5.74) is 7.35. The molecule has 294 valence electrons. The van der Waals surface area contributed by atoms with Gasteiger partial charge < -0.3 is 29.4 Å². The Hall–Kier alpha value is -4.70. The summed E-state index contributed by atoms with van der Waals surface area (Å²) in [6, 6.07) is 19.7. The zero-order chi connectivity index (χ0) is 39.0. The first-order valence-corrected chi connectivity index (χ1v) is 19.9. The molecule has 3 aliphatic rings. The lowest BCUT2D eigenvalue weighted by atomic mass is 9.93. The molecule has 4 heterocycles. The smallest absolute Gasteiger partial charge is 0.320 e.